The fourth-order valence-electron chi connectivity index (χ4n) is 3.54. The summed E-state index contributed by atoms with van der Waals surface area (Å²) in [4.78, 5) is 74.5. The number of nitrogens with zero attached hydrogens (tertiary/aromatic N) is 4. The van der Waals surface area contributed by atoms with E-state index < -0.39 is 0 Å². The molecule has 3 aromatic heterocycles. The highest BCUT2D eigenvalue weighted by Crippen LogP contribution is 2.28. The molecule has 0 aliphatic rings. The number of pyridine rings is 1. The number of fused-ring (bicyclic) bond motifs is 1. The average molecular weight is 577 g/mol. The Morgan fingerprint density at radius 1 is 0.878 bits per heavy atom. The lowest BCUT2D eigenvalue weighted by Crippen LogP contribution is -2.12. The van der Waals surface area contributed by atoms with Crippen LogP contribution in [0, 0.1) is 20.8 Å². The van der Waals surface area contributed by atoms with E-state index in [4.69, 9.17) is 28.8 Å². The Morgan fingerprint density at radius 2 is 1.32 bits per heavy atom. The topological polar surface area (TPSA) is 220 Å². The van der Waals surface area contributed by atoms with Gasteiger partial charge in [-0.2, -0.15) is 39.0 Å². The van der Waals surface area contributed by atoms with Gasteiger partial charge in [0.15, 0.2) is 5.75 Å². The lowest BCUT2D eigenvalue weighted by Gasteiger charge is -2.11. The SMILES string of the molecule is CCC(=O)Nc1c(C)nn(C(C)C)c1CC.Cc1c(O)c2c([nH]c1=O)c(C)nn2C(C)C.O=C=O.O=C=O.O=C=O. The number of aryl methyl sites for hydroxylation is 2. The van der Waals surface area contributed by atoms with Crippen molar-refractivity contribution in [2.24, 2.45) is 0 Å². The van der Waals surface area contributed by atoms with Gasteiger partial charge in [-0.3, -0.25) is 19.0 Å². The second-order valence-corrected chi connectivity index (χ2v) is 8.73. The van der Waals surface area contributed by atoms with Gasteiger partial charge in [0.1, 0.15) is 5.52 Å². The number of hydrogen-bond donors (Lipinski definition) is 3. The maximum atomic E-state index is 11.5. The summed E-state index contributed by atoms with van der Waals surface area (Å²) in [6, 6.07) is 0.452. The minimum Gasteiger partial charge on any atom is -0.505 e. The molecule has 15 heteroatoms. The molecule has 3 rings (SSSR count). The average Bonchev–Trinajstić information content (AvgIpc) is 3.40. The second-order valence-electron chi connectivity index (χ2n) is 8.73. The molecule has 0 atom stereocenters. The summed E-state index contributed by atoms with van der Waals surface area (Å²) in [6.45, 7) is 17.4. The van der Waals surface area contributed by atoms with Gasteiger partial charge in [0.05, 0.1) is 33.8 Å². The second kappa shape index (κ2) is 19.2. The predicted octanol–water partition coefficient (Wildman–Crippen LogP) is 2.56. The van der Waals surface area contributed by atoms with E-state index in [1.807, 2.05) is 39.3 Å². The molecule has 3 aromatic rings. The van der Waals surface area contributed by atoms with Crippen LogP contribution >= 0.6 is 0 Å². The maximum Gasteiger partial charge on any atom is 0.373 e. The standard InChI is InChI=1S/C12H21N3O.C11H15N3O2.3CO2/c1-6-10-12(13-11(16)7-2)9(5)14-15(10)8(3)4;1-5(2)14-9-8(7(4)13-14)12-11(16)6(3)10(9)15;3*2-1-3/h8H,6-7H2,1-5H3,(H,13,16);5H,1-4H3,(H2,12,15,16);;;. The lowest BCUT2D eigenvalue weighted by molar-refractivity contribution is -0.193. The molecule has 0 saturated heterocycles. The number of nitrogens with one attached hydrogen (secondary N) is 2. The summed E-state index contributed by atoms with van der Waals surface area (Å²) >= 11 is 0. The molecule has 224 valence electrons. The first-order valence-electron chi connectivity index (χ1n) is 12.3. The van der Waals surface area contributed by atoms with Crippen molar-refractivity contribution in [2.75, 3.05) is 5.32 Å². The number of rotatable bonds is 5. The van der Waals surface area contributed by atoms with Crippen LogP contribution in [-0.2, 0) is 40.0 Å². The molecule has 0 aliphatic heterocycles. The number of carbonyl (C=O) groups excluding carboxylic acids is 7. The van der Waals surface area contributed by atoms with Crippen LogP contribution in [0.15, 0.2) is 4.79 Å². The predicted molar refractivity (Wildman–Crippen MR) is 143 cm³/mol. The normalized spacial score (nSPS) is 9.34. The highest BCUT2D eigenvalue weighted by molar-refractivity contribution is 5.91. The first kappa shape index (κ1) is 38.2. The van der Waals surface area contributed by atoms with Gasteiger partial charge in [0.2, 0.25) is 5.91 Å². The van der Waals surface area contributed by atoms with Gasteiger partial charge in [0.25, 0.3) is 5.56 Å². The molecule has 3 heterocycles. The van der Waals surface area contributed by atoms with Gasteiger partial charge >= 0.3 is 18.5 Å². The fourth-order valence-corrected chi connectivity index (χ4v) is 3.54. The number of aromatic nitrogens is 5. The zero-order chi connectivity index (χ0) is 32.4. The Balaban J connectivity index is 0. The molecule has 1 amide bonds. The third-order valence-electron chi connectivity index (χ3n) is 5.33. The summed E-state index contributed by atoms with van der Waals surface area (Å²) in [5, 5.41) is 21.7. The summed E-state index contributed by atoms with van der Waals surface area (Å²) in [5.41, 5.74) is 4.89. The molecular weight excluding hydrogens is 540 g/mol. The summed E-state index contributed by atoms with van der Waals surface area (Å²) in [5.74, 6) is 0.0640. The Hall–Kier alpha value is -4.96. The first-order chi connectivity index (χ1) is 19.2. The number of aromatic amines is 1. The number of hydrogen-bond acceptors (Lipinski definition) is 11. The van der Waals surface area contributed by atoms with E-state index in [1.54, 1.807) is 11.6 Å². The van der Waals surface area contributed by atoms with Gasteiger partial charge in [-0.05, 0) is 54.9 Å². The number of amides is 1. The van der Waals surface area contributed by atoms with E-state index in [9.17, 15) is 14.7 Å². The third kappa shape index (κ3) is 11.0. The van der Waals surface area contributed by atoms with Gasteiger partial charge in [-0.15, -0.1) is 0 Å². The zero-order valence-electron chi connectivity index (χ0n) is 24.6. The first-order valence-corrected chi connectivity index (χ1v) is 12.3. The summed E-state index contributed by atoms with van der Waals surface area (Å²) < 4.78 is 3.71. The molecule has 0 aliphatic carbocycles. The minimum absolute atomic E-state index is 0.0213. The van der Waals surface area contributed by atoms with E-state index in [0.717, 1.165) is 29.2 Å². The molecule has 0 saturated carbocycles. The van der Waals surface area contributed by atoms with Crippen LogP contribution in [0.1, 0.15) is 82.7 Å². The molecule has 15 nitrogen and oxygen atoms in total. The molecule has 41 heavy (non-hydrogen) atoms. The lowest BCUT2D eigenvalue weighted by atomic mass is 10.2. The Labute approximate surface area is 235 Å². The van der Waals surface area contributed by atoms with Crippen LogP contribution in [0.5, 0.6) is 5.75 Å². The van der Waals surface area contributed by atoms with Crippen molar-refractivity contribution in [3.05, 3.63) is 33.0 Å². The monoisotopic (exact) mass is 576 g/mol. The molecular formula is C26H36N6O9. The van der Waals surface area contributed by atoms with Crippen molar-refractivity contribution in [2.45, 2.75) is 87.2 Å². The Bertz CT molecular complexity index is 1420. The van der Waals surface area contributed by atoms with Crippen LogP contribution in [0.3, 0.4) is 0 Å². The van der Waals surface area contributed by atoms with Crippen LogP contribution in [0.25, 0.3) is 11.0 Å². The van der Waals surface area contributed by atoms with Crippen molar-refractivity contribution in [3.63, 3.8) is 0 Å². The van der Waals surface area contributed by atoms with Gasteiger partial charge in [0, 0.05) is 18.5 Å². The van der Waals surface area contributed by atoms with Gasteiger partial charge in [-0.1, -0.05) is 13.8 Å². The van der Waals surface area contributed by atoms with Crippen molar-refractivity contribution in [1.82, 2.24) is 24.5 Å². The number of H-pyrrole nitrogens is 1. The van der Waals surface area contributed by atoms with E-state index in [2.05, 4.69) is 41.3 Å². The number of carbonyl (C=O) groups is 1. The Kier molecular flexibility index (Phi) is 17.8. The molecule has 3 N–H and O–H groups in total. The zero-order valence-corrected chi connectivity index (χ0v) is 24.6. The van der Waals surface area contributed by atoms with Gasteiger partial charge in [-0.25, -0.2) is 0 Å². The van der Waals surface area contributed by atoms with E-state index >= 15 is 0 Å². The quantitative estimate of drug-likeness (QED) is 0.400. The van der Waals surface area contributed by atoms with Crippen molar-refractivity contribution < 1.29 is 38.7 Å². The van der Waals surface area contributed by atoms with Crippen molar-refractivity contribution in [3.8, 4) is 5.75 Å². The summed E-state index contributed by atoms with van der Waals surface area (Å²) in [6.07, 6.45) is 2.12. The summed E-state index contributed by atoms with van der Waals surface area (Å²) in [7, 11) is 0. The van der Waals surface area contributed by atoms with E-state index in [-0.39, 0.29) is 41.7 Å². The van der Waals surface area contributed by atoms with E-state index in [0.29, 0.717) is 29.1 Å². The van der Waals surface area contributed by atoms with Crippen LogP contribution in [0.2, 0.25) is 0 Å². The maximum absolute atomic E-state index is 11.5. The minimum atomic E-state index is -0.267. The van der Waals surface area contributed by atoms with Crippen molar-refractivity contribution >= 4 is 41.1 Å². The van der Waals surface area contributed by atoms with E-state index in [1.165, 1.54) is 0 Å². The molecule has 0 fully saturated rings. The largest absolute Gasteiger partial charge is 0.505 e. The molecule has 0 aromatic carbocycles. The number of anilines is 1. The molecule has 0 spiro atoms. The molecule has 0 radical (unpaired) electrons. The number of aromatic hydroxyl groups is 1. The molecule has 0 bridgehead atoms. The van der Waals surface area contributed by atoms with Crippen LogP contribution < -0.4 is 10.9 Å². The van der Waals surface area contributed by atoms with Crippen LogP contribution in [-0.4, -0.2) is 54.0 Å². The highest BCUT2D eigenvalue weighted by atomic mass is 16.3. The third-order valence-corrected chi connectivity index (χ3v) is 5.33. The highest BCUT2D eigenvalue weighted by Gasteiger charge is 2.18. The molecule has 0 unspecified atom stereocenters. The Morgan fingerprint density at radius 3 is 1.71 bits per heavy atom. The van der Waals surface area contributed by atoms with Gasteiger partial charge < -0.3 is 15.4 Å². The van der Waals surface area contributed by atoms with Crippen molar-refractivity contribution in [1.29, 1.82) is 0 Å². The fraction of sp³-hybridized carbons (Fsp3) is 0.500. The smallest absolute Gasteiger partial charge is 0.373 e. The van der Waals surface area contributed by atoms with Crippen LogP contribution in [0.4, 0.5) is 5.69 Å².